The fourth-order valence-corrected chi connectivity index (χ4v) is 7.49. The molecule has 0 saturated heterocycles. The number of aromatic nitrogens is 1. The zero-order chi connectivity index (χ0) is 32.2. The molecule has 1 aliphatic heterocycles. The Balaban J connectivity index is 1.71. The number of nitrogens with zero attached hydrogens (tertiary/aromatic N) is 2. The quantitative estimate of drug-likeness (QED) is 0.185. The largest absolute Gasteiger partial charge is 0.493 e. The highest BCUT2D eigenvalue weighted by Gasteiger charge is 2.34. The molecule has 0 spiro atoms. The standard InChI is InChI=1S/C33H30Br2N2O7S/c1-6-43-32(39)27-18(2)36-33-37(28(27)20-13-24(40-3)30(42-5)25(14-20)41-4)31(38)26(45-33)15-21-12-22(34)16-23(35)29(21)44-17-19-10-8-7-9-11-19/h7-16,28H,6,17H2,1-5H3/b26-15-/t28-/m0/s1. The Hall–Kier alpha value is -3.87. The molecule has 0 unspecified atom stereocenters. The lowest BCUT2D eigenvalue weighted by Gasteiger charge is -2.26. The van der Waals surface area contributed by atoms with Gasteiger partial charge in [-0.05, 0) is 71.2 Å². The van der Waals surface area contributed by atoms with Crippen molar-refractivity contribution >= 4 is 55.2 Å². The highest BCUT2D eigenvalue weighted by atomic mass is 79.9. The van der Waals surface area contributed by atoms with Crippen LogP contribution in [0.4, 0.5) is 0 Å². The first-order chi connectivity index (χ1) is 21.7. The predicted molar refractivity (Wildman–Crippen MR) is 179 cm³/mol. The van der Waals surface area contributed by atoms with Gasteiger partial charge in [-0.25, -0.2) is 9.79 Å². The predicted octanol–water partition coefficient (Wildman–Crippen LogP) is 5.93. The lowest BCUT2D eigenvalue weighted by atomic mass is 9.95. The summed E-state index contributed by atoms with van der Waals surface area (Å²) in [7, 11) is 4.52. The maximum Gasteiger partial charge on any atom is 0.338 e. The van der Waals surface area contributed by atoms with E-state index in [1.165, 1.54) is 37.2 Å². The van der Waals surface area contributed by atoms with E-state index in [1.807, 2.05) is 42.5 Å². The van der Waals surface area contributed by atoms with E-state index in [-0.39, 0.29) is 17.7 Å². The summed E-state index contributed by atoms with van der Waals surface area (Å²) in [5.74, 6) is 1.16. The van der Waals surface area contributed by atoms with Crippen molar-refractivity contribution in [2.24, 2.45) is 4.99 Å². The third kappa shape index (κ3) is 6.58. The number of carbonyl (C=O) groups excluding carboxylic acids is 1. The van der Waals surface area contributed by atoms with Gasteiger partial charge in [-0.3, -0.25) is 9.36 Å². The second-order valence-electron chi connectivity index (χ2n) is 9.84. The topological polar surface area (TPSA) is 97.6 Å². The zero-order valence-corrected chi connectivity index (χ0v) is 29.2. The molecule has 0 N–H and O–H groups in total. The first-order valence-corrected chi connectivity index (χ1v) is 16.3. The molecule has 0 saturated carbocycles. The highest BCUT2D eigenvalue weighted by Crippen LogP contribution is 2.42. The maximum absolute atomic E-state index is 14.3. The van der Waals surface area contributed by atoms with Gasteiger partial charge in [0.05, 0.1) is 54.3 Å². The van der Waals surface area contributed by atoms with Gasteiger partial charge in [-0.2, -0.15) is 0 Å². The average molecular weight is 758 g/mol. The van der Waals surface area contributed by atoms with Gasteiger partial charge in [0, 0.05) is 10.0 Å². The van der Waals surface area contributed by atoms with Crippen LogP contribution in [-0.4, -0.2) is 38.5 Å². The Labute approximate surface area is 280 Å². The Kier molecular flexibility index (Phi) is 10.2. The van der Waals surface area contributed by atoms with Crippen molar-refractivity contribution in [3.05, 3.63) is 111 Å². The summed E-state index contributed by atoms with van der Waals surface area (Å²) in [5, 5.41) is 0. The molecular formula is C33H30Br2N2O7S. The van der Waals surface area contributed by atoms with Crippen molar-refractivity contribution in [3.63, 3.8) is 0 Å². The molecule has 9 nitrogen and oxygen atoms in total. The number of hydrogen-bond acceptors (Lipinski definition) is 9. The monoisotopic (exact) mass is 756 g/mol. The van der Waals surface area contributed by atoms with E-state index in [2.05, 4.69) is 36.9 Å². The van der Waals surface area contributed by atoms with Gasteiger partial charge in [-0.15, -0.1) is 0 Å². The van der Waals surface area contributed by atoms with Gasteiger partial charge in [0.25, 0.3) is 5.56 Å². The molecule has 3 aromatic carbocycles. The Morgan fingerprint density at radius 2 is 1.69 bits per heavy atom. The fraction of sp³-hybridized carbons (Fsp3) is 0.242. The molecule has 1 aliphatic rings. The second-order valence-corrected chi connectivity index (χ2v) is 12.6. The molecule has 2 heterocycles. The first-order valence-electron chi connectivity index (χ1n) is 13.9. The summed E-state index contributed by atoms with van der Waals surface area (Å²) in [6, 6.07) is 16.2. The minimum absolute atomic E-state index is 0.158. The number of ether oxygens (including phenoxy) is 5. The Morgan fingerprint density at radius 3 is 2.31 bits per heavy atom. The van der Waals surface area contributed by atoms with E-state index >= 15 is 0 Å². The molecule has 0 fully saturated rings. The van der Waals surface area contributed by atoms with Crippen LogP contribution in [-0.2, 0) is 16.1 Å². The van der Waals surface area contributed by atoms with Crippen LogP contribution in [0.15, 0.2) is 84.6 Å². The Morgan fingerprint density at radius 1 is 1.00 bits per heavy atom. The molecule has 0 aliphatic carbocycles. The molecule has 5 rings (SSSR count). The van der Waals surface area contributed by atoms with Gasteiger partial charge >= 0.3 is 5.97 Å². The van der Waals surface area contributed by atoms with Crippen LogP contribution in [0.5, 0.6) is 23.0 Å². The van der Waals surface area contributed by atoms with Crippen molar-refractivity contribution in [1.82, 2.24) is 4.57 Å². The number of fused-ring (bicyclic) bond motifs is 1. The lowest BCUT2D eigenvalue weighted by molar-refractivity contribution is -0.139. The summed E-state index contributed by atoms with van der Waals surface area (Å²) < 4.78 is 31.8. The minimum atomic E-state index is -0.876. The fourth-order valence-electron chi connectivity index (χ4n) is 5.08. The Bertz CT molecular complexity index is 1940. The van der Waals surface area contributed by atoms with Gasteiger partial charge in [0.15, 0.2) is 16.3 Å². The molecule has 45 heavy (non-hydrogen) atoms. The molecule has 0 bridgehead atoms. The van der Waals surface area contributed by atoms with Crippen LogP contribution in [0.3, 0.4) is 0 Å². The SMILES string of the molecule is CCOC(=O)C1=C(C)N=c2s/c(=C\c3cc(Br)cc(Br)c3OCc3ccccc3)c(=O)n2[C@H]1c1cc(OC)c(OC)c(OC)c1. The van der Waals surface area contributed by atoms with E-state index in [1.54, 1.807) is 32.1 Å². The molecule has 4 aromatic rings. The molecule has 1 aromatic heterocycles. The van der Waals surface area contributed by atoms with E-state index in [4.69, 9.17) is 23.7 Å². The number of esters is 1. The summed E-state index contributed by atoms with van der Waals surface area (Å²) in [6.07, 6.45) is 1.77. The van der Waals surface area contributed by atoms with Crippen molar-refractivity contribution < 1.29 is 28.5 Å². The van der Waals surface area contributed by atoms with Crippen molar-refractivity contribution in [2.45, 2.75) is 26.5 Å². The van der Waals surface area contributed by atoms with Gasteiger partial charge < -0.3 is 23.7 Å². The third-order valence-electron chi connectivity index (χ3n) is 7.07. The van der Waals surface area contributed by atoms with Crippen molar-refractivity contribution in [2.75, 3.05) is 27.9 Å². The van der Waals surface area contributed by atoms with Gasteiger partial charge in [-0.1, -0.05) is 57.6 Å². The summed E-state index contributed by atoms with van der Waals surface area (Å²) in [5.41, 5.74) is 2.59. The number of methoxy groups -OCH3 is 3. The van der Waals surface area contributed by atoms with E-state index in [0.717, 1.165) is 14.5 Å². The van der Waals surface area contributed by atoms with Crippen LogP contribution in [0.2, 0.25) is 0 Å². The number of allylic oxidation sites excluding steroid dienone is 1. The molecule has 0 radical (unpaired) electrons. The van der Waals surface area contributed by atoms with Crippen LogP contribution in [0.25, 0.3) is 6.08 Å². The summed E-state index contributed by atoms with van der Waals surface area (Å²) >= 11 is 8.40. The van der Waals surface area contributed by atoms with E-state index in [0.29, 0.717) is 55.8 Å². The summed E-state index contributed by atoms with van der Waals surface area (Å²) in [6.45, 7) is 3.96. The lowest BCUT2D eigenvalue weighted by Crippen LogP contribution is -2.40. The van der Waals surface area contributed by atoms with Crippen LogP contribution in [0.1, 0.15) is 36.6 Å². The number of benzene rings is 3. The van der Waals surface area contributed by atoms with Crippen molar-refractivity contribution in [1.29, 1.82) is 0 Å². The molecule has 1 atom stereocenters. The van der Waals surface area contributed by atoms with Crippen LogP contribution >= 0.6 is 43.2 Å². The zero-order valence-electron chi connectivity index (χ0n) is 25.2. The summed E-state index contributed by atoms with van der Waals surface area (Å²) in [4.78, 5) is 32.8. The minimum Gasteiger partial charge on any atom is -0.493 e. The molecule has 12 heteroatoms. The van der Waals surface area contributed by atoms with Crippen LogP contribution < -0.4 is 33.8 Å². The second kappa shape index (κ2) is 14.1. The number of carbonyl (C=O) groups is 1. The molecular weight excluding hydrogens is 728 g/mol. The molecule has 0 amide bonds. The molecule has 234 valence electrons. The van der Waals surface area contributed by atoms with E-state index < -0.39 is 12.0 Å². The smallest absolute Gasteiger partial charge is 0.338 e. The first kappa shape index (κ1) is 32.5. The van der Waals surface area contributed by atoms with E-state index in [9.17, 15) is 9.59 Å². The maximum atomic E-state index is 14.3. The third-order valence-corrected chi connectivity index (χ3v) is 9.10. The number of hydrogen-bond donors (Lipinski definition) is 0. The van der Waals surface area contributed by atoms with Crippen LogP contribution in [0, 0.1) is 0 Å². The van der Waals surface area contributed by atoms with Crippen molar-refractivity contribution in [3.8, 4) is 23.0 Å². The number of halogens is 2. The number of rotatable bonds is 10. The normalized spacial score (nSPS) is 14.5. The average Bonchev–Trinajstić information content (AvgIpc) is 3.33. The number of thiazole rings is 1. The van der Waals surface area contributed by atoms with Gasteiger partial charge in [0.1, 0.15) is 12.4 Å². The highest BCUT2D eigenvalue weighted by molar-refractivity contribution is 9.11. The van der Waals surface area contributed by atoms with Gasteiger partial charge in [0.2, 0.25) is 5.75 Å².